The highest BCUT2D eigenvalue weighted by Gasteiger charge is 2.31. The Morgan fingerprint density at radius 1 is 1.03 bits per heavy atom. The lowest BCUT2D eigenvalue weighted by Gasteiger charge is -2.30. The molecule has 1 aliphatic heterocycles. The van der Waals surface area contributed by atoms with Gasteiger partial charge in [0.1, 0.15) is 12.4 Å². The first-order valence-corrected chi connectivity index (χ1v) is 12.1. The van der Waals surface area contributed by atoms with E-state index >= 15 is 0 Å². The van der Waals surface area contributed by atoms with Crippen LogP contribution in [0.1, 0.15) is 30.9 Å². The van der Waals surface area contributed by atoms with Crippen molar-refractivity contribution in [3.8, 4) is 5.75 Å². The van der Waals surface area contributed by atoms with Crippen LogP contribution in [0.3, 0.4) is 0 Å². The van der Waals surface area contributed by atoms with Gasteiger partial charge >= 0.3 is 0 Å². The van der Waals surface area contributed by atoms with Crippen LogP contribution in [0.4, 0.5) is 0 Å². The number of piperidine rings is 1. The Morgan fingerprint density at radius 3 is 2.33 bits per heavy atom. The Kier molecular flexibility index (Phi) is 7.87. The van der Waals surface area contributed by atoms with Gasteiger partial charge in [0.05, 0.1) is 12.3 Å². The first kappa shape index (κ1) is 22.3. The Hall–Kier alpha value is -2.38. The maximum atomic E-state index is 12.6. The molecule has 0 unspecified atom stereocenters. The van der Waals surface area contributed by atoms with E-state index in [-0.39, 0.29) is 17.6 Å². The second-order valence-corrected chi connectivity index (χ2v) is 9.52. The van der Waals surface area contributed by atoms with Crippen molar-refractivity contribution < 1.29 is 17.9 Å². The summed E-state index contributed by atoms with van der Waals surface area (Å²) in [6.45, 7) is 3.71. The molecule has 1 saturated heterocycles. The minimum atomic E-state index is -3.36. The van der Waals surface area contributed by atoms with Gasteiger partial charge in [-0.15, -0.1) is 0 Å². The van der Waals surface area contributed by atoms with Gasteiger partial charge < -0.3 is 10.1 Å². The number of carbonyl (C=O) groups excluding carboxylic acids is 1. The van der Waals surface area contributed by atoms with Gasteiger partial charge in [0, 0.05) is 19.0 Å². The molecule has 0 radical (unpaired) electrons. The summed E-state index contributed by atoms with van der Waals surface area (Å²) in [5, 5.41) is 2.91. The maximum absolute atomic E-state index is 12.6. The molecule has 0 aliphatic carbocycles. The Labute approximate surface area is 179 Å². The van der Waals surface area contributed by atoms with Crippen molar-refractivity contribution in [2.45, 2.75) is 31.9 Å². The first-order valence-electron chi connectivity index (χ1n) is 10.5. The molecular formula is C23H30N2O4S. The molecule has 0 aromatic heterocycles. The van der Waals surface area contributed by atoms with Crippen molar-refractivity contribution >= 4 is 15.9 Å². The zero-order valence-electron chi connectivity index (χ0n) is 17.4. The van der Waals surface area contributed by atoms with Crippen LogP contribution < -0.4 is 10.1 Å². The fraction of sp³-hybridized carbons (Fsp3) is 0.435. The summed E-state index contributed by atoms with van der Waals surface area (Å²) >= 11 is 0. The number of carbonyl (C=O) groups is 1. The van der Waals surface area contributed by atoms with Crippen LogP contribution in [-0.2, 0) is 27.0 Å². The summed E-state index contributed by atoms with van der Waals surface area (Å²) < 4.78 is 32.4. The second kappa shape index (κ2) is 10.6. The van der Waals surface area contributed by atoms with E-state index in [2.05, 4.69) is 12.2 Å². The summed E-state index contributed by atoms with van der Waals surface area (Å²) in [5.74, 6) is 0.608. The van der Waals surface area contributed by atoms with Crippen molar-refractivity contribution in [3.63, 3.8) is 0 Å². The van der Waals surface area contributed by atoms with Gasteiger partial charge in [0.25, 0.3) is 0 Å². The average molecular weight is 431 g/mol. The molecule has 1 N–H and O–H groups in total. The number of ether oxygens (including phenoxy) is 1. The van der Waals surface area contributed by atoms with E-state index in [0.29, 0.717) is 39.1 Å². The summed E-state index contributed by atoms with van der Waals surface area (Å²) in [4.78, 5) is 12.4. The molecule has 3 rings (SSSR count). The van der Waals surface area contributed by atoms with E-state index in [1.54, 1.807) is 0 Å². The minimum Gasteiger partial charge on any atom is -0.492 e. The monoisotopic (exact) mass is 430 g/mol. The quantitative estimate of drug-likeness (QED) is 0.621. The molecule has 1 heterocycles. The predicted molar refractivity (Wildman–Crippen MR) is 118 cm³/mol. The highest BCUT2D eigenvalue weighted by Crippen LogP contribution is 2.22. The average Bonchev–Trinajstić information content (AvgIpc) is 2.77. The van der Waals surface area contributed by atoms with E-state index in [1.807, 2.05) is 54.6 Å². The predicted octanol–water partition coefficient (Wildman–Crippen LogP) is 2.99. The van der Waals surface area contributed by atoms with Crippen LogP contribution in [0, 0.1) is 5.92 Å². The topological polar surface area (TPSA) is 75.7 Å². The fourth-order valence-corrected chi connectivity index (χ4v) is 5.14. The van der Waals surface area contributed by atoms with E-state index < -0.39 is 10.0 Å². The zero-order valence-corrected chi connectivity index (χ0v) is 18.2. The molecule has 2 aromatic carbocycles. The third kappa shape index (κ3) is 6.31. The van der Waals surface area contributed by atoms with Gasteiger partial charge in [-0.2, -0.15) is 0 Å². The van der Waals surface area contributed by atoms with E-state index in [9.17, 15) is 13.2 Å². The summed E-state index contributed by atoms with van der Waals surface area (Å²) in [6.07, 6.45) is 2.07. The fourth-order valence-electron chi connectivity index (χ4n) is 3.58. The number of aryl methyl sites for hydroxylation is 1. The Morgan fingerprint density at radius 2 is 1.70 bits per heavy atom. The van der Waals surface area contributed by atoms with Gasteiger partial charge in [-0.3, -0.25) is 4.79 Å². The number of rotatable bonds is 9. The molecule has 2 aromatic rings. The molecule has 1 aliphatic rings. The van der Waals surface area contributed by atoms with E-state index in [0.717, 1.165) is 17.7 Å². The lowest BCUT2D eigenvalue weighted by Crippen LogP contribution is -2.43. The van der Waals surface area contributed by atoms with Crippen LogP contribution in [0.2, 0.25) is 0 Å². The van der Waals surface area contributed by atoms with Gasteiger partial charge in [-0.25, -0.2) is 12.7 Å². The molecule has 6 nitrogen and oxygen atoms in total. The number of amides is 1. The smallest absolute Gasteiger partial charge is 0.223 e. The normalized spacial score (nSPS) is 15.6. The third-order valence-electron chi connectivity index (χ3n) is 5.41. The van der Waals surface area contributed by atoms with Gasteiger partial charge in [0.15, 0.2) is 0 Å². The molecule has 0 atom stereocenters. The number of nitrogens with zero attached hydrogens (tertiary/aromatic N) is 1. The summed E-state index contributed by atoms with van der Waals surface area (Å²) in [5.41, 5.74) is 2.04. The van der Waals surface area contributed by atoms with Crippen LogP contribution in [0.15, 0.2) is 54.6 Å². The molecule has 1 fully saturated rings. The minimum absolute atomic E-state index is 0.00127. The van der Waals surface area contributed by atoms with Crippen molar-refractivity contribution in [2.75, 3.05) is 26.2 Å². The van der Waals surface area contributed by atoms with E-state index in [1.165, 1.54) is 9.87 Å². The lowest BCUT2D eigenvalue weighted by molar-refractivity contribution is -0.126. The number of benzene rings is 2. The summed E-state index contributed by atoms with van der Waals surface area (Å²) in [6, 6.07) is 17.1. The largest absolute Gasteiger partial charge is 0.492 e. The van der Waals surface area contributed by atoms with E-state index in [4.69, 9.17) is 4.74 Å². The standard InChI is InChI=1S/C23H30N2O4S/c1-2-19-8-10-22(11-9-19)29-17-14-24-23(26)21-12-15-25(16-13-21)30(27,28)18-20-6-4-3-5-7-20/h3-11,21H,2,12-18H2,1H3,(H,24,26). The molecule has 1 amide bonds. The first-order chi connectivity index (χ1) is 14.5. The second-order valence-electron chi connectivity index (χ2n) is 7.55. The third-order valence-corrected chi connectivity index (χ3v) is 7.26. The van der Waals surface area contributed by atoms with Gasteiger partial charge in [0.2, 0.25) is 15.9 Å². The van der Waals surface area contributed by atoms with Crippen molar-refractivity contribution in [1.29, 1.82) is 0 Å². The number of hydrogen-bond acceptors (Lipinski definition) is 4. The SMILES string of the molecule is CCc1ccc(OCCNC(=O)C2CCN(S(=O)(=O)Cc3ccccc3)CC2)cc1. The van der Waals surface area contributed by atoms with Crippen molar-refractivity contribution in [3.05, 3.63) is 65.7 Å². The van der Waals surface area contributed by atoms with Crippen LogP contribution in [-0.4, -0.2) is 44.9 Å². The molecule has 30 heavy (non-hydrogen) atoms. The van der Waals surface area contributed by atoms with Gasteiger partial charge in [-0.05, 0) is 42.5 Å². The summed E-state index contributed by atoms with van der Waals surface area (Å²) in [7, 11) is -3.36. The Balaban J connectivity index is 1.38. The molecule has 0 spiro atoms. The number of nitrogens with one attached hydrogen (secondary N) is 1. The molecular weight excluding hydrogens is 400 g/mol. The lowest BCUT2D eigenvalue weighted by atomic mass is 9.97. The molecule has 7 heteroatoms. The number of hydrogen-bond donors (Lipinski definition) is 1. The highest BCUT2D eigenvalue weighted by molar-refractivity contribution is 7.88. The van der Waals surface area contributed by atoms with Crippen LogP contribution in [0.25, 0.3) is 0 Å². The van der Waals surface area contributed by atoms with Crippen molar-refractivity contribution in [1.82, 2.24) is 9.62 Å². The Bertz CT molecular complexity index is 906. The molecule has 0 saturated carbocycles. The van der Waals surface area contributed by atoms with Crippen LogP contribution >= 0.6 is 0 Å². The highest BCUT2D eigenvalue weighted by atomic mass is 32.2. The molecule has 162 valence electrons. The van der Waals surface area contributed by atoms with Crippen LogP contribution in [0.5, 0.6) is 5.75 Å². The molecule has 0 bridgehead atoms. The van der Waals surface area contributed by atoms with Gasteiger partial charge in [-0.1, -0.05) is 49.4 Å². The maximum Gasteiger partial charge on any atom is 0.223 e. The number of sulfonamides is 1. The van der Waals surface area contributed by atoms with Crippen molar-refractivity contribution in [2.24, 2.45) is 5.92 Å². The zero-order chi connectivity index (χ0) is 21.4.